The largest absolute Gasteiger partial charge is 0.455 e. The fourth-order valence-corrected chi connectivity index (χ4v) is 1.87. The summed E-state index contributed by atoms with van der Waals surface area (Å²) in [7, 11) is 0. The molecule has 0 heterocycles. The summed E-state index contributed by atoms with van der Waals surface area (Å²) in [5.74, 6) is -0.181. The standard InChI is InChI=1S/C14H16ClNO3/c1-9-6-12(9)14(18)19-8-13(17)16-7-10-2-4-11(15)5-3-10/h2-5,9,12H,6-8H2,1H3,(H,16,17)/t9-,12-/m1/s1. The van der Waals surface area contributed by atoms with Gasteiger partial charge in [0, 0.05) is 11.6 Å². The summed E-state index contributed by atoms with van der Waals surface area (Å²) >= 11 is 5.76. The molecule has 2 atom stereocenters. The first-order valence-electron chi connectivity index (χ1n) is 6.24. The molecule has 1 aliphatic rings. The van der Waals surface area contributed by atoms with Crippen molar-refractivity contribution in [2.45, 2.75) is 19.9 Å². The minimum Gasteiger partial charge on any atom is -0.455 e. The van der Waals surface area contributed by atoms with Crippen LogP contribution in [0.3, 0.4) is 0 Å². The monoisotopic (exact) mass is 281 g/mol. The lowest BCUT2D eigenvalue weighted by atomic mass is 10.2. The van der Waals surface area contributed by atoms with Crippen molar-refractivity contribution in [3.8, 4) is 0 Å². The van der Waals surface area contributed by atoms with E-state index in [4.69, 9.17) is 16.3 Å². The molecule has 1 aromatic carbocycles. The Morgan fingerprint density at radius 2 is 2.00 bits per heavy atom. The number of hydrogen-bond acceptors (Lipinski definition) is 3. The van der Waals surface area contributed by atoms with Crippen LogP contribution in [-0.2, 0) is 20.9 Å². The minimum atomic E-state index is -0.295. The van der Waals surface area contributed by atoms with E-state index in [0.717, 1.165) is 12.0 Å². The van der Waals surface area contributed by atoms with Gasteiger partial charge in [-0.25, -0.2) is 0 Å². The van der Waals surface area contributed by atoms with Gasteiger partial charge in [-0.2, -0.15) is 0 Å². The van der Waals surface area contributed by atoms with Crippen LogP contribution in [0.5, 0.6) is 0 Å². The molecule has 102 valence electrons. The maximum absolute atomic E-state index is 11.5. The van der Waals surface area contributed by atoms with Gasteiger partial charge in [0.2, 0.25) is 0 Å². The summed E-state index contributed by atoms with van der Waals surface area (Å²) < 4.78 is 4.93. The fraction of sp³-hybridized carbons (Fsp3) is 0.429. The molecule has 19 heavy (non-hydrogen) atoms. The van der Waals surface area contributed by atoms with Crippen LogP contribution in [0.2, 0.25) is 5.02 Å². The van der Waals surface area contributed by atoms with E-state index in [1.165, 1.54) is 0 Å². The summed E-state index contributed by atoms with van der Waals surface area (Å²) in [5, 5.41) is 3.34. The lowest BCUT2D eigenvalue weighted by molar-refractivity contribution is -0.150. The molecule has 4 nitrogen and oxygen atoms in total. The van der Waals surface area contributed by atoms with Crippen LogP contribution in [0.15, 0.2) is 24.3 Å². The highest BCUT2D eigenvalue weighted by atomic mass is 35.5. The van der Waals surface area contributed by atoms with Crippen LogP contribution < -0.4 is 5.32 Å². The predicted molar refractivity (Wildman–Crippen MR) is 71.5 cm³/mol. The van der Waals surface area contributed by atoms with Gasteiger partial charge < -0.3 is 10.1 Å². The molecular weight excluding hydrogens is 266 g/mol. The minimum absolute atomic E-state index is 0.0101. The van der Waals surface area contributed by atoms with Gasteiger partial charge in [-0.05, 0) is 30.0 Å². The third kappa shape index (κ3) is 4.24. The van der Waals surface area contributed by atoms with Gasteiger partial charge in [0.1, 0.15) is 0 Å². The molecule has 1 aliphatic carbocycles. The maximum atomic E-state index is 11.5. The zero-order chi connectivity index (χ0) is 13.8. The number of esters is 1. The Labute approximate surface area is 117 Å². The van der Waals surface area contributed by atoms with Crippen LogP contribution in [0.1, 0.15) is 18.9 Å². The summed E-state index contributed by atoms with van der Waals surface area (Å²) in [6, 6.07) is 7.19. The average Bonchev–Trinajstić information content (AvgIpc) is 3.12. The first-order valence-corrected chi connectivity index (χ1v) is 6.62. The number of hydrogen-bond donors (Lipinski definition) is 1. The quantitative estimate of drug-likeness (QED) is 0.842. The van der Waals surface area contributed by atoms with Crippen molar-refractivity contribution >= 4 is 23.5 Å². The highest BCUT2D eigenvalue weighted by molar-refractivity contribution is 6.30. The molecule has 1 saturated carbocycles. The number of nitrogens with one attached hydrogen (secondary N) is 1. The van der Waals surface area contributed by atoms with Crippen LogP contribution in [0.4, 0.5) is 0 Å². The van der Waals surface area contributed by atoms with Gasteiger partial charge in [0.05, 0.1) is 5.92 Å². The summed E-state index contributed by atoms with van der Waals surface area (Å²) in [6.45, 7) is 2.18. The molecule has 1 N–H and O–H groups in total. The first-order chi connectivity index (χ1) is 9.06. The van der Waals surface area contributed by atoms with Crippen molar-refractivity contribution in [1.29, 1.82) is 0 Å². The second-order valence-corrected chi connectivity index (χ2v) is 5.27. The number of carbonyl (C=O) groups is 2. The van der Waals surface area contributed by atoms with E-state index >= 15 is 0 Å². The van der Waals surface area contributed by atoms with Gasteiger partial charge in [0.25, 0.3) is 5.91 Å². The molecular formula is C14H16ClNO3. The van der Waals surface area contributed by atoms with Gasteiger partial charge in [-0.15, -0.1) is 0 Å². The second-order valence-electron chi connectivity index (χ2n) is 4.83. The first kappa shape index (κ1) is 13.9. The average molecular weight is 282 g/mol. The van der Waals surface area contributed by atoms with Crippen molar-refractivity contribution in [2.75, 3.05) is 6.61 Å². The summed E-state index contributed by atoms with van der Waals surface area (Å²) in [6.07, 6.45) is 0.866. The molecule has 0 bridgehead atoms. The van der Waals surface area contributed by atoms with E-state index in [1.54, 1.807) is 12.1 Å². The molecule has 0 spiro atoms. The zero-order valence-electron chi connectivity index (χ0n) is 10.7. The zero-order valence-corrected chi connectivity index (χ0v) is 11.4. The van der Waals surface area contributed by atoms with E-state index in [1.807, 2.05) is 19.1 Å². The van der Waals surface area contributed by atoms with E-state index in [9.17, 15) is 9.59 Å². The number of amides is 1. The Balaban J connectivity index is 1.67. The van der Waals surface area contributed by atoms with E-state index < -0.39 is 0 Å². The van der Waals surface area contributed by atoms with Gasteiger partial charge in [-0.3, -0.25) is 9.59 Å². The van der Waals surface area contributed by atoms with Crippen LogP contribution >= 0.6 is 11.6 Å². The van der Waals surface area contributed by atoms with Crippen molar-refractivity contribution in [3.63, 3.8) is 0 Å². The number of benzene rings is 1. The normalized spacial score (nSPS) is 20.7. The van der Waals surface area contributed by atoms with Gasteiger partial charge >= 0.3 is 5.97 Å². The maximum Gasteiger partial charge on any atom is 0.309 e. The SMILES string of the molecule is C[C@@H]1C[C@H]1C(=O)OCC(=O)NCc1ccc(Cl)cc1. The smallest absolute Gasteiger partial charge is 0.309 e. The highest BCUT2D eigenvalue weighted by Gasteiger charge is 2.40. The lowest BCUT2D eigenvalue weighted by Gasteiger charge is -2.06. The molecule has 2 rings (SSSR count). The van der Waals surface area contributed by atoms with Crippen molar-refractivity contribution in [3.05, 3.63) is 34.9 Å². The Hall–Kier alpha value is -1.55. The van der Waals surface area contributed by atoms with Crippen molar-refractivity contribution in [2.24, 2.45) is 11.8 Å². The van der Waals surface area contributed by atoms with Crippen molar-refractivity contribution in [1.82, 2.24) is 5.32 Å². The number of carbonyl (C=O) groups excluding carboxylic acids is 2. The van der Waals surface area contributed by atoms with E-state index in [-0.39, 0.29) is 24.4 Å². The lowest BCUT2D eigenvalue weighted by Crippen LogP contribution is -2.28. The molecule has 1 aromatic rings. The Bertz CT molecular complexity index is 472. The molecule has 0 unspecified atom stereocenters. The molecule has 0 saturated heterocycles. The summed E-state index contributed by atoms with van der Waals surface area (Å²) in [5.41, 5.74) is 0.944. The number of halogens is 1. The Kier molecular flexibility index (Phi) is 4.43. The Morgan fingerprint density at radius 1 is 1.37 bits per heavy atom. The van der Waals surface area contributed by atoms with E-state index in [0.29, 0.717) is 17.5 Å². The molecule has 0 aromatic heterocycles. The highest BCUT2D eigenvalue weighted by Crippen LogP contribution is 2.38. The molecule has 0 radical (unpaired) electrons. The van der Waals surface area contributed by atoms with Crippen LogP contribution in [0, 0.1) is 11.8 Å². The van der Waals surface area contributed by atoms with Crippen LogP contribution in [0.25, 0.3) is 0 Å². The van der Waals surface area contributed by atoms with Gasteiger partial charge in [-0.1, -0.05) is 30.7 Å². The Morgan fingerprint density at radius 3 is 2.58 bits per heavy atom. The number of ether oxygens (including phenoxy) is 1. The van der Waals surface area contributed by atoms with Gasteiger partial charge in [0.15, 0.2) is 6.61 Å². The molecule has 5 heteroatoms. The summed E-state index contributed by atoms with van der Waals surface area (Å²) in [4.78, 5) is 22.9. The third-order valence-corrected chi connectivity index (χ3v) is 3.41. The number of rotatable bonds is 5. The molecule has 1 fully saturated rings. The predicted octanol–water partition coefficient (Wildman–Crippen LogP) is 2.16. The fourth-order valence-electron chi connectivity index (χ4n) is 1.75. The second kappa shape index (κ2) is 6.06. The van der Waals surface area contributed by atoms with E-state index in [2.05, 4.69) is 5.32 Å². The van der Waals surface area contributed by atoms with Crippen molar-refractivity contribution < 1.29 is 14.3 Å². The molecule has 0 aliphatic heterocycles. The topological polar surface area (TPSA) is 55.4 Å². The third-order valence-electron chi connectivity index (χ3n) is 3.16. The molecule has 1 amide bonds. The van der Waals surface area contributed by atoms with Crippen LogP contribution in [-0.4, -0.2) is 18.5 Å².